The van der Waals surface area contributed by atoms with Gasteiger partial charge < -0.3 is 4.74 Å². The Morgan fingerprint density at radius 1 is 1.08 bits per heavy atom. The Labute approximate surface area is 222 Å². The molecule has 8 heteroatoms. The predicted molar refractivity (Wildman–Crippen MR) is 148 cm³/mol. The lowest BCUT2D eigenvalue weighted by atomic mass is 9.82. The lowest BCUT2D eigenvalue weighted by molar-refractivity contribution is -0.149. The van der Waals surface area contributed by atoms with Crippen LogP contribution in [0.4, 0.5) is 0 Å². The molecule has 0 amide bonds. The number of carbonyl (C=O) groups excluding carboxylic acids is 1. The minimum Gasteiger partial charge on any atom is -0.465 e. The first kappa shape index (κ1) is 26.8. The van der Waals surface area contributed by atoms with Crippen molar-refractivity contribution < 1.29 is 17.9 Å². The Balaban J connectivity index is 1.84. The molecule has 0 saturated heterocycles. The van der Waals surface area contributed by atoms with E-state index in [9.17, 15) is 13.2 Å². The number of benzene rings is 2. The summed E-state index contributed by atoms with van der Waals surface area (Å²) in [5.41, 5.74) is 1.70. The molecule has 194 valence electrons. The van der Waals surface area contributed by atoms with Gasteiger partial charge in [0.25, 0.3) is 0 Å². The lowest BCUT2D eigenvalue weighted by Crippen LogP contribution is -2.39. The van der Waals surface area contributed by atoms with Gasteiger partial charge in [-0.3, -0.25) is 9.36 Å². The molecule has 1 unspecified atom stereocenters. The number of sulfone groups is 1. The zero-order chi connectivity index (χ0) is 26.8. The van der Waals surface area contributed by atoms with Crippen molar-refractivity contribution in [1.82, 2.24) is 9.55 Å². The Morgan fingerprint density at radius 2 is 1.81 bits per heavy atom. The quantitative estimate of drug-likeness (QED) is 0.238. The van der Waals surface area contributed by atoms with E-state index >= 15 is 0 Å². The number of esters is 1. The molecule has 4 rings (SSSR count). The van der Waals surface area contributed by atoms with Crippen molar-refractivity contribution in [2.75, 3.05) is 12.9 Å². The van der Waals surface area contributed by atoms with Crippen LogP contribution in [0.25, 0.3) is 15.4 Å². The van der Waals surface area contributed by atoms with E-state index in [2.05, 4.69) is 13.8 Å². The van der Waals surface area contributed by atoms with Gasteiger partial charge in [-0.05, 0) is 61.6 Å². The highest BCUT2D eigenvalue weighted by Gasteiger charge is 2.42. The van der Waals surface area contributed by atoms with E-state index in [1.807, 2.05) is 73.1 Å². The largest absolute Gasteiger partial charge is 0.465 e. The Bertz CT molecular complexity index is 1500. The van der Waals surface area contributed by atoms with Crippen molar-refractivity contribution in [3.63, 3.8) is 0 Å². The number of nitrogens with zero attached hydrogens (tertiary/aromatic N) is 2. The molecule has 6 nitrogen and oxygen atoms in total. The molecule has 37 heavy (non-hydrogen) atoms. The topological polar surface area (TPSA) is 78.3 Å². The molecule has 2 aromatic heterocycles. The van der Waals surface area contributed by atoms with Gasteiger partial charge in [0.05, 0.1) is 17.2 Å². The SMILES string of the molecule is CCOC(=O)C(C)(Cc1ccccc1)c1nc(C(C)C)cn1-c1ccc(-c2cccc(S(C)(=O)=O)c2)s1. The van der Waals surface area contributed by atoms with Crippen LogP contribution in [0, 0.1) is 0 Å². The van der Waals surface area contributed by atoms with Crippen molar-refractivity contribution in [1.29, 1.82) is 0 Å². The van der Waals surface area contributed by atoms with Crippen molar-refractivity contribution >= 4 is 27.1 Å². The highest BCUT2D eigenvalue weighted by Crippen LogP contribution is 2.37. The summed E-state index contributed by atoms with van der Waals surface area (Å²) in [5.74, 6) is 0.462. The standard InChI is InChI=1S/C29H32N2O4S2/c1-6-35-28(32)29(4,18-21-11-8-7-9-12-21)27-30-24(20(2)3)19-31(27)26-16-15-25(36-26)22-13-10-14-23(17-22)37(5,33)34/h7-17,19-20H,6,18H2,1-5H3. The normalized spacial score (nSPS) is 13.5. The fourth-order valence-electron chi connectivity index (χ4n) is 4.26. The summed E-state index contributed by atoms with van der Waals surface area (Å²) >= 11 is 1.52. The second-order valence-electron chi connectivity index (χ2n) is 9.67. The van der Waals surface area contributed by atoms with Crippen molar-refractivity contribution in [2.24, 2.45) is 0 Å². The highest BCUT2D eigenvalue weighted by molar-refractivity contribution is 7.90. The van der Waals surface area contributed by atoms with Gasteiger partial charge in [-0.15, -0.1) is 11.3 Å². The summed E-state index contributed by atoms with van der Waals surface area (Å²) in [6, 6.07) is 20.8. The van der Waals surface area contributed by atoms with Crippen LogP contribution in [0.3, 0.4) is 0 Å². The first-order chi connectivity index (χ1) is 17.5. The summed E-state index contributed by atoms with van der Waals surface area (Å²) in [7, 11) is -3.32. The molecule has 0 N–H and O–H groups in total. The molecule has 1 atom stereocenters. The maximum atomic E-state index is 13.5. The third kappa shape index (κ3) is 5.70. The summed E-state index contributed by atoms with van der Waals surface area (Å²) in [6.45, 7) is 8.13. The summed E-state index contributed by atoms with van der Waals surface area (Å²) < 4.78 is 31.7. The van der Waals surface area contributed by atoms with Crippen LogP contribution < -0.4 is 0 Å². The maximum absolute atomic E-state index is 13.5. The predicted octanol–water partition coefficient (Wildman–Crippen LogP) is 6.19. The zero-order valence-electron chi connectivity index (χ0n) is 21.8. The van der Waals surface area contributed by atoms with Gasteiger partial charge in [-0.2, -0.15) is 0 Å². The molecule has 0 aliphatic rings. The summed E-state index contributed by atoms with van der Waals surface area (Å²) in [5, 5.41) is 0.887. The number of hydrogen-bond acceptors (Lipinski definition) is 6. The molecule has 0 aliphatic heterocycles. The van der Waals surface area contributed by atoms with E-state index in [1.165, 1.54) is 17.6 Å². The van der Waals surface area contributed by atoms with Gasteiger partial charge in [-0.25, -0.2) is 13.4 Å². The van der Waals surface area contributed by atoms with E-state index in [1.54, 1.807) is 18.2 Å². The van der Waals surface area contributed by atoms with Crippen LogP contribution in [-0.4, -0.2) is 36.8 Å². The fourth-order valence-corrected chi connectivity index (χ4v) is 5.91. The van der Waals surface area contributed by atoms with Gasteiger partial charge in [0, 0.05) is 17.3 Å². The second-order valence-corrected chi connectivity index (χ2v) is 12.7. The van der Waals surface area contributed by atoms with Gasteiger partial charge in [0.15, 0.2) is 9.84 Å². The monoisotopic (exact) mass is 536 g/mol. The van der Waals surface area contributed by atoms with E-state index in [0.29, 0.717) is 12.2 Å². The Kier molecular flexibility index (Phi) is 7.71. The number of hydrogen-bond donors (Lipinski definition) is 0. The Morgan fingerprint density at radius 3 is 2.46 bits per heavy atom. The van der Waals surface area contributed by atoms with E-state index in [4.69, 9.17) is 9.72 Å². The summed E-state index contributed by atoms with van der Waals surface area (Å²) in [4.78, 5) is 19.6. The van der Waals surface area contributed by atoms with Crippen LogP contribution in [0.1, 0.15) is 50.7 Å². The number of thiophene rings is 1. The molecule has 0 bridgehead atoms. The maximum Gasteiger partial charge on any atom is 0.319 e. The van der Waals surface area contributed by atoms with Crippen molar-refractivity contribution in [3.8, 4) is 15.4 Å². The molecule has 4 aromatic rings. The third-order valence-corrected chi connectivity index (χ3v) is 8.56. The zero-order valence-corrected chi connectivity index (χ0v) is 23.4. The van der Waals surface area contributed by atoms with Gasteiger partial charge >= 0.3 is 5.97 Å². The first-order valence-electron chi connectivity index (χ1n) is 12.2. The van der Waals surface area contributed by atoms with Crippen LogP contribution in [-0.2, 0) is 31.2 Å². The average Bonchev–Trinajstić information content (AvgIpc) is 3.52. The molecular formula is C29H32N2O4S2. The molecule has 0 spiro atoms. The van der Waals surface area contributed by atoms with Gasteiger partial charge in [-0.1, -0.05) is 56.3 Å². The number of imidazole rings is 1. The Hall–Kier alpha value is -3.23. The number of carbonyl (C=O) groups is 1. The molecule has 0 saturated carbocycles. The average molecular weight is 537 g/mol. The lowest BCUT2D eigenvalue weighted by Gasteiger charge is -2.27. The van der Waals surface area contributed by atoms with Crippen LogP contribution in [0.2, 0.25) is 0 Å². The van der Waals surface area contributed by atoms with Gasteiger partial charge in [0.1, 0.15) is 16.2 Å². The third-order valence-electron chi connectivity index (χ3n) is 6.31. The van der Waals surface area contributed by atoms with Crippen molar-refractivity contribution in [2.45, 2.75) is 50.3 Å². The highest BCUT2D eigenvalue weighted by atomic mass is 32.2. The van der Waals surface area contributed by atoms with E-state index < -0.39 is 15.3 Å². The molecule has 2 aromatic carbocycles. The molecular weight excluding hydrogens is 504 g/mol. The molecule has 0 radical (unpaired) electrons. The van der Waals surface area contributed by atoms with Gasteiger partial charge in [0.2, 0.25) is 0 Å². The van der Waals surface area contributed by atoms with Crippen molar-refractivity contribution in [3.05, 3.63) is 90.0 Å². The number of ether oxygens (including phenoxy) is 1. The summed E-state index contributed by atoms with van der Waals surface area (Å²) in [6.07, 6.45) is 3.64. The molecule has 2 heterocycles. The minimum atomic E-state index is -3.32. The number of aromatic nitrogens is 2. The number of rotatable bonds is 9. The molecule has 0 aliphatic carbocycles. The van der Waals surface area contributed by atoms with E-state index in [0.717, 1.165) is 26.7 Å². The smallest absolute Gasteiger partial charge is 0.319 e. The first-order valence-corrected chi connectivity index (χ1v) is 15.0. The van der Waals surface area contributed by atoms with E-state index in [-0.39, 0.29) is 23.4 Å². The van der Waals surface area contributed by atoms with Crippen LogP contribution in [0.15, 0.2) is 77.8 Å². The second kappa shape index (κ2) is 10.6. The van der Waals surface area contributed by atoms with Crippen LogP contribution >= 0.6 is 11.3 Å². The fraction of sp³-hybridized carbons (Fsp3) is 0.310. The van der Waals surface area contributed by atoms with Crippen LogP contribution in [0.5, 0.6) is 0 Å². The molecule has 0 fully saturated rings. The minimum absolute atomic E-state index is 0.161.